The van der Waals surface area contributed by atoms with Gasteiger partial charge in [0.25, 0.3) is 17.7 Å². The van der Waals surface area contributed by atoms with Crippen molar-refractivity contribution in [2.45, 2.75) is 38.8 Å². The zero-order chi connectivity index (χ0) is 21.2. The molecule has 0 fully saturated rings. The third kappa shape index (κ3) is 4.02. The Morgan fingerprint density at radius 3 is 2.52 bits per heavy atom. The van der Waals surface area contributed by atoms with E-state index in [1.165, 1.54) is 31.3 Å². The second kappa shape index (κ2) is 8.08. The van der Waals surface area contributed by atoms with Gasteiger partial charge in [-0.2, -0.15) is 0 Å². The summed E-state index contributed by atoms with van der Waals surface area (Å²) in [6.07, 6.45) is 0.698. The van der Waals surface area contributed by atoms with Gasteiger partial charge in [-0.25, -0.2) is 0 Å². The number of thiophene rings is 1. The molecule has 29 heavy (non-hydrogen) atoms. The molecule has 3 amide bonds. The molecule has 1 aliphatic rings. The summed E-state index contributed by atoms with van der Waals surface area (Å²) in [4.78, 5) is 62.3. The summed E-state index contributed by atoms with van der Waals surface area (Å²) in [5.74, 6) is -1.48. The minimum Gasteiger partial charge on any atom is -0.347 e. The topological polar surface area (TPSA) is 101 Å². The molecule has 2 aromatic rings. The Morgan fingerprint density at radius 2 is 1.90 bits per heavy atom. The minimum absolute atomic E-state index is 0.0705. The van der Waals surface area contributed by atoms with Crippen LogP contribution in [0, 0.1) is 0 Å². The van der Waals surface area contributed by atoms with Gasteiger partial charge in [0, 0.05) is 13.0 Å². The van der Waals surface area contributed by atoms with Gasteiger partial charge in [-0.15, -0.1) is 11.3 Å². The van der Waals surface area contributed by atoms with E-state index in [4.69, 9.17) is 0 Å². The SMILES string of the molecule is CC(=O)CC[C@@](C)(C=O)N1C(=O)c2ccc(CNC(=O)c3cccs3)cc2C1=O. The van der Waals surface area contributed by atoms with Gasteiger partial charge in [0.2, 0.25) is 0 Å². The van der Waals surface area contributed by atoms with Crippen LogP contribution in [0.2, 0.25) is 0 Å². The van der Waals surface area contributed by atoms with Gasteiger partial charge in [0.1, 0.15) is 17.6 Å². The van der Waals surface area contributed by atoms with E-state index in [1.807, 2.05) is 0 Å². The minimum atomic E-state index is -1.40. The first kappa shape index (κ1) is 20.6. The molecule has 1 atom stereocenters. The molecule has 0 bridgehead atoms. The first-order chi connectivity index (χ1) is 13.8. The fourth-order valence-electron chi connectivity index (χ4n) is 3.19. The number of Topliss-reactive ketones (excluding diaryl/α,β-unsaturated/α-hetero) is 1. The Morgan fingerprint density at radius 1 is 1.17 bits per heavy atom. The van der Waals surface area contributed by atoms with Gasteiger partial charge in [-0.1, -0.05) is 12.1 Å². The average molecular weight is 412 g/mol. The molecule has 1 aromatic carbocycles. The smallest absolute Gasteiger partial charge is 0.262 e. The van der Waals surface area contributed by atoms with Gasteiger partial charge in [-0.05, 0) is 49.4 Å². The molecular formula is C21H20N2O5S. The molecule has 2 heterocycles. The van der Waals surface area contributed by atoms with Crippen LogP contribution in [0.5, 0.6) is 0 Å². The lowest BCUT2D eigenvalue weighted by atomic mass is 9.94. The van der Waals surface area contributed by atoms with Crippen LogP contribution < -0.4 is 5.32 Å². The molecule has 1 N–H and O–H groups in total. The Bertz CT molecular complexity index is 999. The third-order valence-corrected chi connectivity index (χ3v) is 5.77. The average Bonchev–Trinajstić information content (AvgIpc) is 3.32. The molecule has 1 aliphatic heterocycles. The van der Waals surface area contributed by atoms with Crippen molar-refractivity contribution in [3.63, 3.8) is 0 Å². The molecule has 0 aliphatic carbocycles. The van der Waals surface area contributed by atoms with E-state index in [2.05, 4.69) is 5.32 Å². The number of fused-ring (bicyclic) bond motifs is 1. The van der Waals surface area contributed by atoms with Gasteiger partial charge in [0.15, 0.2) is 0 Å². The van der Waals surface area contributed by atoms with Crippen LogP contribution in [-0.2, 0) is 16.1 Å². The van der Waals surface area contributed by atoms with E-state index < -0.39 is 17.4 Å². The van der Waals surface area contributed by atoms with Crippen molar-refractivity contribution >= 4 is 41.1 Å². The number of carbonyl (C=O) groups excluding carboxylic acids is 5. The molecule has 0 saturated heterocycles. The number of aldehydes is 1. The summed E-state index contributed by atoms with van der Waals surface area (Å²) in [5, 5.41) is 4.58. The van der Waals surface area contributed by atoms with E-state index in [0.29, 0.717) is 16.7 Å². The second-order valence-corrected chi connectivity index (χ2v) is 8.11. The van der Waals surface area contributed by atoms with E-state index >= 15 is 0 Å². The number of benzene rings is 1. The number of ketones is 1. The van der Waals surface area contributed by atoms with Gasteiger partial charge in [-0.3, -0.25) is 19.3 Å². The van der Waals surface area contributed by atoms with E-state index in [0.717, 1.165) is 4.90 Å². The van der Waals surface area contributed by atoms with Crippen LogP contribution in [0.4, 0.5) is 0 Å². The maximum absolute atomic E-state index is 12.9. The van der Waals surface area contributed by atoms with Crippen LogP contribution in [-0.4, -0.2) is 40.2 Å². The Hall–Kier alpha value is -3.13. The van der Waals surface area contributed by atoms with Crippen molar-refractivity contribution in [2.24, 2.45) is 0 Å². The predicted molar refractivity (Wildman–Crippen MR) is 107 cm³/mol. The number of hydrogen-bond acceptors (Lipinski definition) is 6. The number of hydrogen-bond donors (Lipinski definition) is 1. The summed E-state index contributed by atoms with van der Waals surface area (Å²) in [6, 6.07) is 8.24. The lowest BCUT2D eigenvalue weighted by Gasteiger charge is -2.32. The number of nitrogens with one attached hydrogen (secondary N) is 1. The maximum atomic E-state index is 12.9. The number of rotatable bonds is 8. The molecule has 3 rings (SSSR count). The quantitative estimate of drug-likeness (QED) is 0.531. The largest absolute Gasteiger partial charge is 0.347 e. The van der Waals surface area contributed by atoms with Gasteiger partial charge >= 0.3 is 0 Å². The highest BCUT2D eigenvalue weighted by molar-refractivity contribution is 7.12. The van der Waals surface area contributed by atoms with E-state index in [-0.39, 0.29) is 42.2 Å². The van der Waals surface area contributed by atoms with Crippen molar-refractivity contribution in [1.29, 1.82) is 0 Å². The lowest BCUT2D eigenvalue weighted by molar-refractivity contribution is -0.119. The number of imide groups is 1. The summed E-state index contributed by atoms with van der Waals surface area (Å²) >= 11 is 1.32. The van der Waals surface area contributed by atoms with E-state index in [9.17, 15) is 24.0 Å². The maximum Gasteiger partial charge on any atom is 0.262 e. The molecule has 0 radical (unpaired) electrons. The number of carbonyl (C=O) groups is 5. The Kier molecular flexibility index (Phi) is 5.74. The molecular weight excluding hydrogens is 392 g/mol. The molecule has 1 aromatic heterocycles. The first-order valence-corrected chi connectivity index (χ1v) is 9.94. The van der Waals surface area contributed by atoms with Crippen molar-refractivity contribution in [3.8, 4) is 0 Å². The van der Waals surface area contributed by atoms with Crippen LogP contribution in [0.15, 0.2) is 35.7 Å². The Balaban J connectivity index is 1.79. The summed E-state index contributed by atoms with van der Waals surface area (Å²) in [7, 11) is 0. The van der Waals surface area contributed by atoms with E-state index in [1.54, 1.807) is 29.6 Å². The van der Waals surface area contributed by atoms with Crippen molar-refractivity contribution in [2.75, 3.05) is 0 Å². The lowest BCUT2D eigenvalue weighted by Crippen LogP contribution is -2.51. The van der Waals surface area contributed by atoms with Crippen molar-refractivity contribution in [1.82, 2.24) is 10.2 Å². The zero-order valence-electron chi connectivity index (χ0n) is 16.1. The molecule has 7 nitrogen and oxygen atoms in total. The fourth-order valence-corrected chi connectivity index (χ4v) is 3.83. The van der Waals surface area contributed by atoms with Crippen LogP contribution >= 0.6 is 11.3 Å². The molecule has 8 heteroatoms. The molecule has 0 unspecified atom stereocenters. The van der Waals surface area contributed by atoms with Gasteiger partial charge in [0.05, 0.1) is 16.0 Å². The number of amides is 3. The first-order valence-electron chi connectivity index (χ1n) is 9.06. The standard InChI is InChI=1S/C21H20N2O5S/c1-13(25)7-8-21(2,12-24)23-19(27)15-6-5-14(10-16(15)20(23)28)11-22-18(26)17-4-3-9-29-17/h3-6,9-10,12H,7-8,11H2,1-2H3,(H,22,26)/t21-/m0/s1. The van der Waals surface area contributed by atoms with Crippen LogP contribution in [0.3, 0.4) is 0 Å². The monoisotopic (exact) mass is 412 g/mol. The fraction of sp³-hybridized carbons (Fsp3) is 0.286. The summed E-state index contributed by atoms with van der Waals surface area (Å²) in [5.41, 5.74) is -0.340. The molecule has 0 spiro atoms. The zero-order valence-corrected chi connectivity index (χ0v) is 16.9. The highest BCUT2D eigenvalue weighted by Gasteiger charge is 2.46. The van der Waals surface area contributed by atoms with Crippen molar-refractivity contribution < 1.29 is 24.0 Å². The van der Waals surface area contributed by atoms with Crippen LogP contribution in [0.1, 0.15) is 62.6 Å². The van der Waals surface area contributed by atoms with Crippen molar-refractivity contribution in [3.05, 3.63) is 57.3 Å². The third-order valence-electron chi connectivity index (χ3n) is 4.90. The highest BCUT2D eigenvalue weighted by atomic mass is 32.1. The predicted octanol–water partition coefficient (Wildman–Crippen LogP) is 2.60. The summed E-state index contributed by atoms with van der Waals surface area (Å²) in [6.45, 7) is 3.07. The normalized spacial score (nSPS) is 15.0. The Labute approximate surface area is 171 Å². The highest BCUT2D eigenvalue weighted by Crippen LogP contribution is 2.32. The molecule has 0 saturated carbocycles. The molecule has 150 valence electrons. The number of nitrogens with zero attached hydrogens (tertiary/aromatic N) is 1. The summed E-state index contributed by atoms with van der Waals surface area (Å²) < 4.78 is 0. The van der Waals surface area contributed by atoms with Gasteiger partial charge < -0.3 is 14.9 Å². The second-order valence-electron chi connectivity index (χ2n) is 7.16. The van der Waals surface area contributed by atoms with Crippen LogP contribution in [0.25, 0.3) is 0 Å².